The first kappa shape index (κ1) is 15.2. The normalized spacial score (nSPS) is 13.7. The number of rotatable bonds is 5. The quantitative estimate of drug-likeness (QED) is 0.836. The van der Waals surface area contributed by atoms with Crippen molar-refractivity contribution >= 4 is 0 Å². The highest BCUT2D eigenvalue weighted by atomic mass is 14.9. The highest BCUT2D eigenvalue weighted by Gasteiger charge is 2.17. The van der Waals surface area contributed by atoms with E-state index in [0.717, 1.165) is 13.0 Å². The number of hydrogen-bond donors (Lipinski definition) is 2. The van der Waals surface area contributed by atoms with Crippen molar-refractivity contribution in [3.05, 3.63) is 34.9 Å². The summed E-state index contributed by atoms with van der Waals surface area (Å²) in [6.45, 7) is 10.0. The van der Waals surface area contributed by atoms with Crippen LogP contribution < -0.4 is 10.6 Å². The third kappa shape index (κ3) is 3.82. The second-order valence-electron chi connectivity index (χ2n) is 6.05. The van der Waals surface area contributed by atoms with Crippen LogP contribution in [0.5, 0.6) is 0 Å². The van der Waals surface area contributed by atoms with Crippen LogP contribution >= 0.6 is 0 Å². The van der Waals surface area contributed by atoms with E-state index in [-0.39, 0.29) is 5.41 Å². The molecule has 0 aromatic heterocycles. The van der Waals surface area contributed by atoms with Crippen LogP contribution in [0.4, 0.5) is 0 Å². The van der Waals surface area contributed by atoms with Gasteiger partial charge < -0.3 is 10.6 Å². The highest BCUT2D eigenvalue weighted by Crippen LogP contribution is 2.27. The van der Waals surface area contributed by atoms with Crippen molar-refractivity contribution in [3.63, 3.8) is 0 Å². The molecule has 0 radical (unpaired) electrons. The van der Waals surface area contributed by atoms with Crippen LogP contribution in [-0.2, 0) is 5.41 Å². The van der Waals surface area contributed by atoms with Gasteiger partial charge in [-0.2, -0.15) is 0 Å². The lowest BCUT2D eigenvalue weighted by molar-refractivity contribution is 0.529. The van der Waals surface area contributed by atoms with Crippen molar-refractivity contribution in [3.8, 4) is 0 Å². The predicted molar refractivity (Wildman–Crippen MR) is 80.2 cm³/mol. The van der Waals surface area contributed by atoms with Gasteiger partial charge in [-0.05, 0) is 56.1 Å². The standard InChI is InChI=1S/C16H28N2/c1-12-11-13(16(2,3)4)7-8-14(12)15(18-6)9-10-17-5/h7-8,11,15,17-18H,9-10H2,1-6H3. The van der Waals surface area contributed by atoms with Gasteiger partial charge in [-0.25, -0.2) is 0 Å². The second-order valence-corrected chi connectivity index (χ2v) is 6.05. The third-order valence-corrected chi connectivity index (χ3v) is 3.54. The van der Waals surface area contributed by atoms with E-state index < -0.39 is 0 Å². The molecule has 18 heavy (non-hydrogen) atoms. The first-order chi connectivity index (χ1) is 8.40. The smallest absolute Gasteiger partial charge is 0.0332 e. The van der Waals surface area contributed by atoms with Crippen LogP contribution in [0.25, 0.3) is 0 Å². The zero-order valence-electron chi connectivity index (χ0n) is 12.7. The Kier molecular flexibility index (Phi) is 5.36. The lowest BCUT2D eigenvalue weighted by Gasteiger charge is -2.23. The first-order valence-corrected chi connectivity index (χ1v) is 6.83. The summed E-state index contributed by atoms with van der Waals surface area (Å²) in [5.41, 5.74) is 4.44. The van der Waals surface area contributed by atoms with E-state index in [2.05, 4.69) is 56.5 Å². The zero-order chi connectivity index (χ0) is 13.8. The van der Waals surface area contributed by atoms with E-state index in [4.69, 9.17) is 0 Å². The Balaban J connectivity index is 2.96. The summed E-state index contributed by atoms with van der Waals surface area (Å²) in [7, 11) is 4.04. The van der Waals surface area contributed by atoms with Gasteiger partial charge in [-0.1, -0.05) is 39.0 Å². The molecule has 0 spiro atoms. The molecule has 0 aliphatic carbocycles. The van der Waals surface area contributed by atoms with Crippen LogP contribution in [0.15, 0.2) is 18.2 Å². The topological polar surface area (TPSA) is 24.1 Å². The maximum absolute atomic E-state index is 3.41. The Hall–Kier alpha value is -0.860. The molecular formula is C16H28N2. The molecule has 0 saturated heterocycles. The predicted octanol–water partition coefficient (Wildman–Crippen LogP) is 3.16. The van der Waals surface area contributed by atoms with Crippen LogP contribution in [0, 0.1) is 6.92 Å². The van der Waals surface area contributed by atoms with E-state index in [0.29, 0.717) is 6.04 Å². The first-order valence-electron chi connectivity index (χ1n) is 6.83. The summed E-state index contributed by atoms with van der Waals surface area (Å²) >= 11 is 0. The van der Waals surface area contributed by atoms with Crippen LogP contribution in [-0.4, -0.2) is 20.6 Å². The van der Waals surface area contributed by atoms with Crippen LogP contribution in [0.2, 0.25) is 0 Å². The van der Waals surface area contributed by atoms with Gasteiger partial charge in [0, 0.05) is 6.04 Å². The van der Waals surface area contributed by atoms with Gasteiger partial charge in [0.05, 0.1) is 0 Å². The number of benzene rings is 1. The van der Waals surface area contributed by atoms with E-state index in [1.54, 1.807) is 0 Å². The molecule has 0 heterocycles. The number of aryl methyl sites for hydroxylation is 1. The molecule has 0 aliphatic heterocycles. The maximum Gasteiger partial charge on any atom is 0.0332 e. The minimum absolute atomic E-state index is 0.226. The van der Waals surface area contributed by atoms with Gasteiger partial charge in [-0.15, -0.1) is 0 Å². The second kappa shape index (κ2) is 6.35. The molecular weight excluding hydrogens is 220 g/mol. The summed E-state index contributed by atoms with van der Waals surface area (Å²) in [6, 6.07) is 7.32. The SMILES string of the molecule is CNCCC(NC)c1ccc(C(C)(C)C)cc1C. The molecule has 102 valence electrons. The van der Waals surface area contributed by atoms with Crippen LogP contribution in [0.1, 0.15) is 49.9 Å². The molecule has 0 aliphatic rings. The summed E-state index contributed by atoms with van der Waals surface area (Å²) in [5.74, 6) is 0. The fourth-order valence-electron chi connectivity index (χ4n) is 2.28. The largest absolute Gasteiger partial charge is 0.320 e. The van der Waals surface area contributed by atoms with Crippen molar-refractivity contribution in [1.29, 1.82) is 0 Å². The molecule has 0 bridgehead atoms. The molecule has 0 amide bonds. The monoisotopic (exact) mass is 248 g/mol. The Labute approximate surface area is 112 Å². The van der Waals surface area contributed by atoms with Crippen molar-refractivity contribution in [2.24, 2.45) is 0 Å². The maximum atomic E-state index is 3.41. The molecule has 2 heteroatoms. The summed E-state index contributed by atoms with van der Waals surface area (Å²) in [5, 5.41) is 6.63. The Morgan fingerprint density at radius 1 is 1.17 bits per heavy atom. The average Bonchev–Trinajstić information content (AvgIpc) is 2.30. The Morgan fingerprint density at radius 3 is 2.28 bits per heavy atom. The molecule has 1 aromatic rings. The van der Waals surface area contributed by atoms with E-state index in [1.165, 1.54) is 16.7 Å². The molecule has 0 saturated carbocycles. The zero-order valence-corrected chi connectivity index (χ0v) is 12.7. The third-order valence-electron chi connectivity index (χ3n) is 3.54. The fraction of sp³-hybridized carbons (Fsp3) is 0.625. The molecule has 1 rings (SSSR count). The van der Waals surface area contributed by atoms with Crippen molar-refractivity contribution in [2.75, 3.05) is 20.6 Å². The molecule has 1 aromatic carbocycles. The van der Waals surface area contributed by atoms with E-state index in [9.17, 15) is 0 Å². The average molecular weight is 248 g/mol. The van der Waals surface area contributed by atoms with Gasteiger partial charge in [0.15, 0.2) is 0 Å². The highest BCUT2D eigenvalue weighted by molar-refractivity contribution is 5.36. The fourth-order valence-corrected chi connectivity index (χ4v) is 2.28. The molecule has 0 fully saturated rings. The van der Waals surface area contributed by atoms with E-state index >= 15 is 0 Å². The molecule has 2 nitrogen and oxygen atoms in total. The van der Waals surface area contributed by atoms with Gasteiger partial charge in [0.25, 0.3) is 0 Å². The molecule has 2 N–H and O–H groups in total. The number of nitrogens with one attached hydrogen (secondary N) is 2. The summed E-state index contributed by atoms with van der Waals surface area (Å²) in [4.78, 5) is 0. The summed E-state index contributed by atoms with van der Waals surface area (Å²) in [6.07, 6.45) is 1.11. The van der Waals surface area contributed by atoms with Gasteiger partial charge in [0.1, 0.15) is 0 Å². The van der Waals surface area contributed by atoms with Gasteiger partial charge in [-0.3, -0.25) is 0 Å². The van der Waals surface area contributed by atoms with Crippen molar-refractivity contribution in [2.45, 2.75) is 45.6 Å². The Bertz CT molecular complexity index is 377. The van der Waals surface area contributed by atoms with E-state index in [1.807, 2.05) is 14.1 Å². The Morgan fingerprint density at radius 2 is 1.83 bits per heavy atom. The molecule has 1 atom stereocenters. The lowest BCUT2D eigenvalue weighted by atomic mass is 9.84. The lowest BCUT2D eigenvalue weighted by Crippen LogP contribution is -2.22. The minimum atomic E-state index is 0.226. The van der Waals surface area contributed by atoms with Crippen molar-refractivity contribution < 1.29 is 0 Å². The molecule has 1 unspecified atom stereocenters. The van der Waals surface area contributed by atoms with Gasteiger partial charge >= 0.3 is 0 Å². The summed E-state index contributed by atoms with van der Waals surface area (Å²) < 4.78 is 0. The van der Waals surface area contributed by atoms with Crippen molar-refractivity contribution in [1.82, 2.24) is 10.6 Å². The van der Waals surface area contributed by atoms with Gasteiger partial charge in [0.2, 0.25) is 0 Å². The van der Waals surface area contributed by atoms with Crippen LogP contribution in [0.3, 0.4) is 0 Å². The number of hydrogen-bond acceptors (Lipinski definition) is 2. The minimum Gasteiger partial charge on any atom is -0.320 e.